The van der Waals surface area contributed by atoms with Crippen LogP contribution in [0, 0.1) is 5.82 Å². The van der Waals surface area contributed by atoms with Crippen LogP contribution in [0.1, 0.15) is 37.3 Å². The van der Waals surface area contributed by atoms with Gasteiger partial charge in [0.15, 0.2) is 0 Å². The highest BCUT2D eigenvalue weighted by molar-refractivity contribution is 7.80. The Kier molecular flexibility index (Phi) is 5.94. The maximum atomic E-state index is 13.3. The van der Waals surface area contributed by atoms with Gasteiger partial charge in [0.1, 0.15) is 5.82 Å². The SMILES string of the molecule is Fc1ccc([C@H](CC(=S)Nc2ccccc2)N2CCCCC2)cc1. The van der Waals surface area contributed by atoms with Crippen LogP contribution in [0.4, 0.5) is 10.1 Å². The van der Waals surface area contributed by atoms with Crippen LogP contribution in [0.25, 0.3) is 0 Å². The first-order chi connectivity index (χ1) is 11.7. The minimum absolute atomic E-state index is 0.193. The predicted molar refractivity (Wildman–Crippen MR) is 102 cm³/mol. The molecule has 0 saturated carbocycles. The molecule has 0 amide bonds. The zero-order valence-electron chi connectivity index (χ0n) is 13.7. The summed E-state index contributed by atoms with van der Waals surface area (Å²) in [5.74, 6) is -0.193. The van der Waals surface area contributed by atoms with E-state index in [-0.39, 0.29) is 11.9 Å². The molecule has 3 rings (SSSR count). The topological polar surface area (TPSA) is 15.3 Å². The standard InChI is InChI=1S/C20H23FN2S/c21-17-11-9-16(10-12-17)19(23-13-5-2-6-14-23)15-20(24)22-18-7-3-1-4-8-18/h1,3-4,7-12,19H,2,5-6,13-15H2,(H,22,24)/t19-/m0/s1. The lowest BCUT2D eigenvalue weighted by Crippen LogP contribution is -2.35. The third-order valence-electron chi connectivity index (χ3n) is 4.52. The maximum Gasteiger partial charge on any atom is 0.123 e. The molecule has 0 spiro atoms. The molecule has 1 heterocycles. The summed E-state index contributed by atoms with van der Waals surface area (Å²) in [7, 11) is 0. The summed E-state index contributed by atoms with van der Waals surface area (Å²) in [6.45, 7) is 2.16. The number of nitrogens with zero attached hydrogens (tertiary/aromatic N) is 1. The van der Waals surface area contributed by atoms with Crippen LogP contribution in [-0.2, 0) is 0 Å². The number of benzene rings is 2. The van der Waals surface area contributed by atoms with E-state index in [1.54, 1.807) is 12.1 Å². The number of thiocarbonyl (C=S) groups is 1. The Morgan fingerprint density at radius 3 is 2.33 bits per heavy atom. The van der Waals surface area contributed by atoms with Gasteiger partial charge in [-0.2, -0.15) is 0 Å². The Balaban J connectivity index is 1.73. The van der Waals surface area contributed by atoms with Crippen molar-refractivity contribution in [2.45, 2.75) is 31.7 Å². The Morgan fingerprint density at radius 1 is 1.00 bits per heavy atom. The molecule has 0 radical (unpaired) electrons. The first kappa shape index (κ1) is 17.1. The zero-order chi connectivity index (χ0) is 16.8. The number of halogens is 1. The Hall–Kier alpha value is -1.78. The summed E-state index contributed by atoms with van der Waals surface area (Å²) in [6, 6.07) is 17.1. The number of anilines is 1. The lowest BCUT2D eigenvalue weighted by Gasteiger charge is -2.35. The van der Waals surface area contributed by atoms with Crippen LogP contribution in [0.5, 0.6) is 0 Å². The zero-order valence-corrected chi connectivity index (χ0v) is 14.6. The molecule has 2 nitrogen and oxygen atoms in total. The summed E-state index contributed by atoms with van der Waals surface area (Å²) in [4.78, 5) is 3.30. The number of hydrogen-bond donors (Lipinski definition) is 1. The lowest BCUT2D eigenvalue weighted by atomic mass is 9.98. The smallest absolute Gasteiger partial charge is 0.123 e. The van der Waals surface area contributed by atoms with Crippen LogP contribution in [0.3, 0.4) is 0 Å². The van der Waals surface area contributed by atoms with Crippen molar-refractivity contribution in [1.29, 1.82) is 0 Å². The normalized spacial score (nSPS) is 16.5. The molecule has 0 bridgehead atoms. The molecule has 1 saturated heterocycles. The minimum atomic E-state index is -0.193. The van der Waals surface area contributed by atoms with E-state index >= 15 is 0 Å². The van der Waals surface area contributed by atoms with Gasteiger partial charge in [-0.1, -0.05) is 49.0 Å². The number of para-hydroxylation sites is 1. The molecular weight excluding hydrogens is 319 g/mol. The molecule has 1 aliphatic rings. The summed E-state index contributed by atoms with van der Waals surface area (Å²) in [5.41, 5.74) is 2.15. The van der Waals surface area contributed by atoms with Gasteiger partial charge >= 0.3 is 0 Å². The van der Waals surface area contributed by atoms with Crippen molar-refractivity contribution in [2.75, 3.05) is 18.4 Å². The summed E-state index contributed by atoms with van der Waals surface area (Å²) in [6.07, 6.45) is 4.47. The highest BCUT2D eigenvalue weighted by Gasteiger charge is 2.23. The fourth-order valence-electron chi connectivity index (χ4n) is 3.28. The molecule has 0 aromatic heterocycles. The molecule has 1 atom stereocenters. The van der Waals surface area contributed by atoms with Gasteiger partial charge in [0, 0.05) is 18.2 Å². The van der Waals surface area contributed by atoms with Crippen LogP contribution in [0.15, 0.2) is 54.6 Å². The number of hydrogen-bond acceptors (Lipinski definition) is 2. The molecule has 126 valence electrons. The van der Waals surface area contributed by atoms with Crippen LogP contribution in [0.2, 0.25) is 0 Å². The predicted octanol–water partition coefficient (Wildman–Crippen LogP) is 5.18. The molecule has 1 N–H and O–H groups in total. The van der Waals surface area contributed by atoms with Crippen molar-refractivity contribution in [3.05, 3.63) is 66.0 Å². The van der Waals surface area contributed by atoms with E-state index in [1.807, 2.05) is 42.5 Å². The summed E-state index contributed by atoms with van der Waals surface area (Å²) in [5, 5.41) is 3.32. The van der Waals surface area contributed by atoms with Gasteiger partial charge in [0.05, 0.1) is 4.99 Å². The van der Waals surface area contributed by atoms with Crippen LogP contribution >= 0.6 is 12.2 Å². The van der Waals surface area contributed by atoms with Crippen molar-refractivity contribution < 1.29 is 4.39 Å². The Morgan fingerprint density at radius 2 is 1.67 bits per heavy atom. The Labute approximate surface area is 148 Å². The summed E-state index contributed by atoms with van der Waals surface area (Å²) < 4.78 is 13.3. The van der Waals surface area contributed by atoms with Gasteiger partial charge in [-0.15, -0.1) is 0 Å². The van der Waals surface area contributed by atoms with Crippen molar-refractivity contribution in [3.63, 3.8) is 0 Å². The third kappa shape index (κ3) is 4.62. The number of rotatable bonds is 5. The van der Waals surface area contributed by atoms with Crippen molar-refractivity contribution in [1.82, 2.24) is 4.90 Å². The average molecular weight is 342 g/mol. The Bertz CT molecular complexity index is 651. The lowest BCUT2D eigenvalue weighted by molar-refractivity contribution is 0.167. The van der Waals surface area contributed by atoms with Gasteiger partial charge in [0.2, 0.25) is 0 Å². The first-order valence-corrected chi connectivity index (χ1v) is 8.97. The molecule has 24 heavy (non-hydrogen) atoms. The molecular formula is C20H23FN2S. The van der Waals surface area contributed by atoms with Crippen molar-refractivity contribution >= 4 is 22.9 Å². The molecule has 0 unspecified atom stereocenters. The number of piperidine rings is 1. The second-order valence-electron chi connectivity index (χ2n) is 6.28. The first-order valence-electron chi connectivity index (χ1n) is 8.57. The molecule has 1 aliphatic heterocycles. The van der Waals surface area contributed by atoms with E-state index in [4.69, 9.17) is 12.2 Å². The molecule has 4 heteroatoms. The van der Waals surface area contributed by atoms with Gasteiger partial charge in [-0.3, -0.25) is 4.90 Å². The van der Waals surface area contributed by atoms with Gasteiger partial charge < -0.3 is 5.32 Å². The van der Waals surface area contributed by atoms with Gasteiger partial charge in [-0.05, 0) is 55.8 Å². The van der Waals surface area contributed by atoms with E-state index in [0.29, 0.717) is 0 Å². The van der Waals surface area contributed by atoms with E-state index < -0.39 is 0 Å². The molecule has 2 aromatic carbocycles. The van der Waals surface area contributed by atoms with Gasteiger partial charge in [-0.25, -0.2) is 4.39 Å². The highest BCUT2D eigenvalue weighted by Crippen LogP contribution is 2.28. The number of nitrogens with one attached hydrogen (secondary N) is 1. The monoisotopic (exact) mass is 342 g/mol. The van der Waals surface area contributed by atoms with E-state index in [0.717, 1.165) is 35.7 Å². The molecule has 2 aromatic rings. The number of likely N-dealkylation sites (tertiary alicyclic amines) is 1. The fraction of sp³-hybridized carbons (Fsp3) is 0.350. The second-order valence-corrected chi connectivity index (χ2v) is 6.78. The third-order valence-corrected chi connectivity index (χ3v) is 4.79. The largest absolute Gasteiger partial charge is 0.350 e. The van der Waals surface area contributed by atoms with Crippen molar-refractivity contribution in [3.8, 4) is 0 Å². The second kappa shape index (κ2) is 8.36. The fourth-order valence-corrected chi connectivity index (χ4v) is 3.56. The van der Waals surface area contributed by atoms with E-state index in [9.17, 15) is 4.39 Å². The molecule has 0 aliphatic carbocycles. The van der Waals surface area contributed by atoms with E-state index in [2.05, 4.69) is 10.2 Å². The quantitative estimate of drug-likeness (QED) is 0.754. The van der Waals surface area contributed by atoms with Gasteiger partial charge in [0.25, 0.3) is 0 Å². The highest BCUT2D eigenvalue weighted by atomic mass is 32.1. The summed E-state index contributed by atoms with van der Waals surface area (Å²) >= 11 is 5.60. The average Bonchev–Trinajstić information content (AvgIpc) is 2.62. The van der Waals surface area contributed by atoms with E-state index in [1.165, 1.54) is 19.3 Å². The minimum Gasteiger partial charge on any atom is -0.350 e. The maximum absolute atomic E-state index is 13.3. The van der Waals surface area contributed by atoms with Crippen LogP contribution in [-0.4, -0.2) is 23.0 Å². The van der Waals surface area contributed by atoms with Crippen LogP contribution < -0.4 is 5.32 Å². The van der Waals surface area contributed by atoms with Crippen molar-refractivity contribution in [2.24, 2.45) is 0 Å². The molecule has 1 fully saturated rings.